The maximum Gasteiger partial charge on any atom is 0.305 e. The van der Waals surface area contributed by atoms with Crippen molar-refractivity contribution in [2.45, 2.75) is 12.8 Å². The van der Waals surface area contributed by atoms with Crippen LogP contribution < -0.4 is 14.2 Å². The molecule has 0 saturated carbocycles. The zero-order chi connectivity index (χ0) is 15.1. The molecule has 5 heteroatoms. The second-order valence-electron chi connectivity index (χ2n) is 4.00. The number of hydrogen-bond acceptors (Lipinski definition) is 5. The van der Waals surface area contributed by atoms with Crippen LogP contribution in [0, 0.1) is 0 Å². The Morgan fingerprint density at radius 1 is 1.15 bits per heavy atom. The zero-order valence-corrected chi connectivity index (χ0v) is 12.3. The Kier molecular flexibility index (Phi) is 5.90. The van der Waals surface area contributed by atoms with Gasteiger partial charge in [0, 0.05) is 12.0 Å². The van der Waals surface area contributed by atoms with Crippen molar-refractivity contribution in [3.05, 3.63) is 23.8 Å². The van der Waals surface area contributed by atoms with Gasteiger partial charge in [0.05, 0.1) is 28.4 Å². The molecule has 1 aromatic carbocycles. The molecule has 0 N–H and O–H groups in total. The minimum Gasteiger partial charge on any atom is -0.493 e. The molecule has 0 aliphatic rings. The van der Waals surface area contributed by atoms with Crippen molar-refractivity contribution < 1.29 is 23.7 Å². The van der Waals surface area contributed by atoms with Crippen molar-refractivity contribution >= 4 is 12.0 Å². The summed E-state index contributed by atoms with van der Waals surface area (Å²) >= 11 is 0. The molecule has 0 bridgehead atoms. The summed E-state index contributed by atoms with van der Waals surface area (Å²) in [6.45, 7) is 3.79. The number of hydrogen-bond donors (Lipinski definition) is 0. The minimum absolute atomic E-state index is 0.270. The Labute approximate surface area is 119 Å². The van der Waals surface area contributed by atoms with E-state index in [1.807, 2.05) is 6.07 Å². The van der Waals surface area contributed by atoms with E-state index in [1.165, 1.54) is 7.11 Å². The molecular weight excluding hydrogens is 260 g/mol. The predicted molar refractivity (Wildman–Crippen MR) is 76.5 cm³/mol. The van der Waals surface area contributed by atoms with Crippen LogP contribution in [-0.2, 0) is 16.0 Å². The fraction of sp³-hybridized carbons (Fsp3) is 0.400. The molecule has 0 unspecified atom stereocenters. The van der Waals surface area contributed by atoms with Crippen LogP contribution in [0.1, 0.15) is 17.5 Å². The summed E-state index contributed by atoms with van der Waals surface area (Å²) in [7, 11) is 6.01. The van der Waals surface area contributed by atoms with Gasteiger partial charge in [0.2, 0.25) is 5.75 Å². The fourth-order valence-corrected chi connectivity index (χ4v) is 2.00. The Bertz CT molecular complexity index is 494. The summed E-state index contributed by atoms with van der Waals surface area (Å²) in [5.41, 5.74) is 1.67. The SMILES string of the molecule is C=Cc1c(CCC(=O)OC)cc(OC)c(OC)c1OC. The van der Waals surface area contributed by atoms with Gasteiger partial charge in [0.25, 0.3) is 0 Å². The molecule has 0 amide bonds. The number of benzene rings is 1. The number of rotatable bonds is 7. The molecule has 0 aliphatic carbocycles. The Hall–Kier alpha value is -2.17. The largest absolute Gasteiger partial charge is 0.493 e. The molecule has 0 fully saturated rings. The normalized spacial score (nSPS) is 9.80. The number of aryl methyl sites for hydroxylation is 1. The lowest BCUT2D eigenvalue weighted by molar-refractivity contribution is -0.140. The van der Waals surface area contributed by atoms with Crippen LogP contribution in [0.5, 0.6) is 17.2 Å². The molecule has 0 saturated heterocycles. The molecule has 0 atom stereocenters. The van der Waals surface area contributed by atoms with E-state index in [-0.39, 0.29) is 12.4 Å². The standard InChI is InChI=1S/C15H20O5/c1-6-11-10(7-8-13(16)18-3)9-12(17-2)15(20-5)14(11)19-4/h6,9H,1,7-8H2,2-5H3. The minimum atomic E-state index is -0.270. The van der Waals surface area contributed by atoms with Gasteiger partial charge in [-0.05, 0) is 18.1 Å². The molecule has 0 aromatic heterocycles. The third-order valence-electron chi connectivity index (χ3n) is 2.98. The fourth-order valence-electron chi connectivity index (χ4n) is 2.00. The highest BCUT2D eigenvalue weighted by Gasteiger charge is 2.19. The molecule has 5 nitrogen and oxygen atoms in total. The quantitative estimate of drug-likeness (QED) is 0.718. The van der Waals surface area contributed by atoms with Gasteiger partial charge in [0.1, 0.15) is 0 Å². The predicted octanol–water partition coefficient (Wildman–Crippen LogP) is 2.46. The van der Waals surface area contributed by atoms with E-state index in [1.54, 1.807) is 27.4 Å². The van der Waals surface area contributed by atoms with Gasteiger partial charge in [0.15, 0.2) is 11.5 Å². The van der Waals surface area contributed by atoms with Crippen molar-refractivity contribution in [3.8, 4) is 17.2 Å². The van der Waals surface area contributed by atoms with Crippen molar-refractivity contribution in [2.75, 3.05) is 28.4 Å². The average Bonchev–Trinajstić information content (AvgIpc) is 2.50. The van der Waals surface area contributed by atoms with Crippen LogP contribution in [-0.4, -0.2) is 34.4 Å². The van der Waals surface area contributed by atoms with Crippen molar-refractivity contribution in [1.82, 2.24) is 0 Å². The maximum atomic E-state index is 11.3. The van der Waals surface area contributed by atoms with Gasteiger partial charge in [-0.2, -0.15) is 0 Å². The molecule has 1 aromatic rings. The van der Waals surface area contributed by atoms with Crippen LogP contribution in [0.2, 0.25) is 0 Å². The van der Waals surface area contributed by atoms with Crippen LogP contribution in [0.15, 0.2) is 12.6 Å². The van der Waals surface area contributed by atoms with Gasteiger partial charge in [-0.25, -0.2) is 0 Å². The first kappa shape index (κ1) is 15.9. The van der Waals surface area contributed by atoms with Gasteiger partial charge in [-0.15, -0.1) is 0 Å². The lowest BCUT2D eigenvalue weighted by Crippen LogP contribution is -2.05. The Morgan fingerprint density at radius 3 is 2.25 bits per heavy atom. The van der Waals surface area contributed by atoms with E-state index >= 15 is 0 Å². The van der Waals surface area contributed by atoms with E-state index < -0.39 is 0 Å². The van der Waals surface area contributed by atoms with Crippen molar-refractivity contribution in [2.24, 2.45) is 0 Å². The van der Waals surface area contributed by atoms with E-state index in [2.05, 4.69) is 11.3 Å². The number of esters is 1. The topological polar surface area (TPSA) is 54.0 Å². The highest BCUT2D eigenvalue weighted by atomic mass is 16.5. The van der Waals surface area contributed by atoms with Crippen LogP contribution in [0.3, 0.4) is 0 Å². The van der Waals surface area contributed by atoms with Crippen molar-refractivity contribution in [1.29, 1.82) is 0 Å². The molecule has 0 heterocycles. The second kappa shape index (κ2) is 7.43. The number of ether oxygens (including phenoxy) is 4. The molecule has 1 rings (SSSR count). The van der Waals surface area contributed by atoms with Crippen molar-refractivity contribution in [3.63, 3.8) is 0 Å². The lowest BCUT2D eigenvalue weighted by atomic mass is 10.0. The first-order chi connectivity index (χ1) is 9.62. The monoisotopic (exact) mass is 280 g/mol. The van der Waals surface area contributed by atoms with Gasteiger partial charge >= 0.3 is 5.97 Å². The van der Waals surface area contributed by atoms with Crippen LogP contribution >= 0.6 is 0 Å². The van der Waals surface area contributed by atoms with Gasteiger partial charge < -0.3 is 18.9 Å². The first-order valence-electron chi connectivity index (χ1n) is 6.13. The summed E-state index contributed by atoms with van der Waals surface area (Å²) in [6.07, 6.45) is 2.45. The first-order valence-corrected chi connectivity index (χ1v) is 6.13. The molecule has 110 valence electrons. The van der Waals surface area contributed by atoms with Gasteiger partial charge in [-0.1, -0.05) is 12.7 Å². The molecule has 0 spiro atoms. The van der Waals surface area contributed by atoms with Crippen LogP contribution in [0.4, 0.5) is 0 Å². The Morgan fingerprint density at radius 2 is 1.80 bits per heavy atom. The summed E-state index contributed by atoms with van der Waals surface area (Å²) in [4.78, 5) is 11.3. The zero-order valence-electron chi connectivity index (χ0n) is 12.3. The smallest absolute Gasteiger partial charge is 0.305 e. The van der Waals surface area contributed by atoms with Gasteiger partial charge in [-0.3, -0.25) is 4.79 Å². The molecule has 0 aliphatic heterocycles. The number of methoxy groups -OCH3 is 4. The highest BCUT2D eigenvalue weighted by molar-refractivity contribution is 5.72. The molecular formula is C15H20O5. The van der Waals surface area contributed by atoms with E-state index in [4.69, 9.17) is 14.2 Å². The molecule has 20 heavy (non-hydrogen) atoms. The van der Waals surface area contributed by atoms with E-state index in [0.717, 1.165) is 11.1 Å². The molecule has 0 radical (unpaired) electrons. The van der Waals surface area contributed by atoms with Crippen LogP contribution in [0.25, 0.3) is 6.08 Å². The summed E-state index contributed by atoms with van der Waals surface area (Å²) < 4.78 is 20.6. The summed E-state index contributed by atoms with van der Waals surface area (Å²) in [6, 6.07) is 1.82. The Balaban J connectivity index is 3.28. The number of carbonyl (C=O) groups is 1. The average molecular weight is 280 g/mol. The summed E-state index contributed by atoms with van der Waals surface area (Å²) in [5, 5.41) is 0. The summed E-state index contributed by atoms with van der Waals surface area (Å²) in [5.74, 6) is 1.33. The third-order valence-corrected chi connectivity index (χ3v) is 2.98. The highest BCUT2D eigenvalue weighted by Crippen LogP contribution is 2.42. The number of carbonyl (C=O) groups excluding carboxylic acids is 1. The second-order valence-corrected chi connectivity index (χ2v) is 4.00. The third kappa shape index (κ3) is 3.23. The lowest BCUT2D eigenvalue weighted by Gasteiger charge is -2.17. The maximum absolute atomic E-state index is 11.3. The van der Waals surface area contributed by atoms with E-state index in [9.17, 15) is 4.79 Å². The van der Waals surface area contributed by atoms with E-state index in [0.29, 0.717) is 23.7 Å².